The number of amides is 1. The molecule has 7 nitrogen and oxygen atoms in total. The standard InChI is InChI=1S/C19H22N4O3/c1-11-6-12(2)8-15(7-11)25-10-16-14(4)26-22-18(16)19(24)21-17-9-20-23(5)13(17)3/h6-9H,10H2,1-5H3,(H,21,24). The van der Waals surface area contributed by atoms with Gasteiger partial charge in [0.15, 0.2) is 5.69 Å². The number of hydrogen-bond donors (Lipinski definition) is 1. The lowest BCUT2D eigenvalue weighted by atomic mass is 10.1. The number of rotatable bonds is 5. The molecule has 0 saturated heterocycles. The maximum Gasteiger partial charge on any atom is 0.278 e. The van der Waals surface area contributed by atoms with Crippen LogP contribution in [0.4, 0.5) is 5.69 Å². The van der Waals surface area contributed by atoms with E-state index in [2.05, 4.69) is 21.6 Å². The third kappa shape index (κ3) is 3.61. The van der Waals surface area contributed by atoms with Gasteiger partial charge < -0.3 is 14.6 Å². The lowest BCUT2D eigenvalue weighted by molar-refractivity contribution is 0.101. The summed E-state index contributed by atoms with van der Waals surface area (Å²) < 4.78 is 12.8. The van der Waals surface area contributed by atoms with Crippen molar-refractivity contribution in [2.24, 2.45) is 7.05 Å². The third-order valence-electron chi connectivity index (χ3n) is 4.26. The molecule has 2 aromatic heterocycles. The fourth-order valence-corrected chi connectivity index (χ4v) is 2.71. The molecule has 0 aliphatic heterocycles. The van der Waals surface area contributed by atoms with Crippen molar-refractivity contribution in [2.75, 3.05) is 5.32 Å². The minimum Gasteiger partial charge on any atom is -0.489 e. The van der Waals surface area contributed by atoms with Crippen LogP contribution in [0.5, 0.6) is 5.75 Å². The molecular weight excluding hydrogens is 332 g/mol. The van der Waals surface area contributed by atoms with E-state index in [4.69, 9.17) is 9.26 Å². The molecule has 0 radical (unpaired) electrons. The van der Waals surface area contributed by atoms with Crippen LogP contribution in [0.15, 0.2) is 28.9 Å². The highest BCUT2D eigenvalue weighted by Gasteiger charge is 2.21. The fourth-order valence-electron chi connectivity index (χ4n) is 2.71. The molecule has 0 aliphatic rings. The zero-order valence-electron chi connectivity index (χ0n) is 15.6. The van der Waals surface area contributed by atoms with Crippen LogP contribution in [0, 0.1) is 27.7 Å². The van der Waals surface area contributed by atoms with Gasteiger partial charge in [-0.05, 0) is 51.0 Å². The molecule has 136 valence electrons. The number of aryl methyl sites for hydroxylation is 4. The van der Waals surface area contributed by atoms with E-state index in [-0.39, 0.29) is 18.2 Å². The number of nitrogens with zero attached hydrogens (tertiary/aromatic N) is 3. The Kier molecular flexibility index (Phi) is 4.79. The lowest BCUT2D eigenvalue weighted by Crippen LogP contribution is -2.16. The summed E-state index contributed by atoms with van der Waals surface area (Å²) in [6.45, 7) is 7.87. The second-order valence-corrected chi connectivity index (χ2v) is 6.40. The van der Waals surface area contributed by atoms with Gasteiger partial charge in [0.25, 0.3) is 5.91 Å². The smallest absolute Gasteiger partial charge is 0.278 e. The predicted molar refractivity (Wildman–Crippen MR) is 97.4 cm³/mol. The number of aromatic nitrogens is 3. The van der Waals surface area contributed by atoms with Gasteiger partial charge in [0.2, 0.25) is 0 Å². The van der Waals surface area contributed by atoms with Crippen molar-refractivity contribution in [3.8, 4) is 5.75 Å². The van der Waals surface area contributed by atoms with Crippen LogP contribution in [0.3, 0.4) is 0 Å². The minimum absolute atomic E-state index is 0.201. The van der Waals surface area contributed by atoms with E-state index in [0.717, 1.165) is 22.6 Å². The van der Waals surface area contributed by atoms with Gasteiger partial charge in [-0.15, -0.1) is 0 Å². The number of anilines is 1. The largest absolute Gasteiger partial charge is 0.489 e. The molecule has 3 aromatic rings. The van der Waals surface area contributed by atoms with Gasteiger partial charge in [0, 0.05) is 7.05 Å². The molecule has 0 atom stereocenters. The monoisotopic (exact) mass is 354 g/mol. The van der Waals surface area contributed by atoms with Crippen LogP contribution in [-0.4, -0.2) is 20.8 Å². The summed E-state index contributed by atoms with van der Waals surface area (Å²) in [4.78, 5) is 12.6. The second kappa shape index (κ2) is 7.03. The van der Waals surface area contributed by atoms with E-state index in [0.29, 0.717) is 17.0 Å². The Hall–Kier alpha value is -3.09. The van der Waals surface area contributed by atoms with Crippen molar-refractivity contribution in [1.82, 2.24) is 14.9 Å². The average Bonchev–Trinajstić information content (AvgIpc) is 3.09. The van der Waals surface area contributed by atoms with Crippen molar-refractivity contribution < 1.29 is 14.1 Å². The number of carbonyl (C=O) groups is 1. The molecule has 0 fully saturated rings. The van der Waals surface area contributed by atoms with Gasteiger partial charge in [0.1, 0.15) is 18.1 Å². The molecule has 1 N–H and O–H groups in total. The van der Waals surface area contributed by atoms with Crippen molar-refractivity contribution in [3.05, 3.63) is 58.2 Å². The summed E-state index contributed by atoms with van der Waals surface area (Å²) in [6.07, 6.45) is 1.60. The van der Waals surface area contributed by atoms with E-state index in [1.165, 1.54) is 0 Å². The van der Waals surface area contributed by atoms with Crippen molar-refractivity contribution in [2.45, 2.75) is 34.3 Å². The number of carbonyl (C=O) groups excluding carboxylic acids is 1. The average molecular weight is 354 g/mol. The van der Waals surface area contributed by atoms with Crippen molar-refractivity contribution >= 4 is 11.6 Å². The zero-order valence-corrected chi connectivity index (χ0v) is 15.6. The van der Waals surface area contributed by atoms with Gasteiger partial charge in [-0.1, -0.05) is 11.2 Å². The molecule has 0 saturated carbocycles. The van der Waals surface area contributed by atoms with Gasteiger partial charge in [-0.25, -0.2) is 0 Å². The van der Waals surface area contributed by atoms with Crippen LogP contribution < -0.4 is 10.1 Å². The first-order valence-corrected chi connectivity index (χ1v) is 8.31. The number of hydrogen-bond acceptors (Lipinski definition) is 5. The molecule has 0 aliphatic carbocycles. The third-order valence-corrected chi connectivity index (χ3v) is 4.26. The van der Waals surface area contributed by atoms with Gasteiger partial charge in [0.05, 0.1) is 23.1 Å². The number of ether oxygens (including phenoxy) is 1. The van der Waals surface area contributed by atoms with Crippen LogP contribution in [-0.2, 0) is 13.7 Å². The lowest BCUT2D eigenvalue weighted by Gasteiger charge is -2.09. The van der Waals surface area contributed by atoms with E-state index >= 15 is 0 Å². The first-order valence-electron chi connectivity index (χ1n) is 8.31. The molecule has 0 bridgehead atoms. The fraction of sp³-hybridized carbons (Fsp3) is 0.316. The maximum absolute atomic E-state index is 12.6. The number of benzene rings is 1. The Morgan fingerprint density at radius 3 is 2.50 bits per heavy atom. The van der Waals surface area contributed by atoms with Crippen LogP contribution in [0.25, 0.3) is 0 Å². The predicted octanol–water partition coefficient (Wildman–Crippen LogP) is 3.47. The molecular formula is C19H22N4O3. The zero-order chi connectivity index (χ0) is 18.8. The second-order valence-electron chi connectivity index (χ2n) is 6.40. The molecule has 3 rings (SSSR count). The van der Waals surface area contributed by atoms with Crippen LogP contribution in [0.1, 0.15) is 38.6 Å². The van der Waals surface area contributed by atoms with Gasteiger partial charge in [-0.2, -0.15) is 5.10 Å². The summed E-state index contributed by atoms with van der Waals surface area (Å²) in [5.41, 5.74) is 4.57. The Morgan fingerprint density at radius 1 is 1.19 bits per heavy atom. The summed E-state index contributed by atoms with van der Waals surface area (Å²) in [7, 11) is 1.81. The molecule has 0 spiro atoms. The van der Waals surface area contributed by atoms with E-state index in [9.17, 15) is 4.79 Å². The number of nitrogens with one attached hydrogen (secondary N) is 1. The highest BCUT2D eigenvalue weighted by molar-refractivity contribution is 6.04. The van der Waals surface area contributed by atoms with Crippen molar-refractivity contribution in [3.63, 3.8) is 0 Å². The first kappa shape index (κ1) is 17.7. The Morgan fingerprint density at radius 2 is 1.88 bits per heavy atom. The Balaban J connectivity index is 1.77. The van der Waals surface area contributed by atoms with E-state index < -0.39 is 0 Å². The minimum atomic E-state index is -0.350. The van der Waals surface area contributed by atoms with Crippen LogP contribution in [0.2, 0.25) is 0 Å². The van der Waals surface area contributed by atoms with Gasteiger partial charge >= 0.3 is 0 Å². The van der Waals surface area contributed by atoms with E-state index in [1.54, 1.807) is 17.8 Å². The Bertz CT molecular complexity index is 936. The molecule has 1 amide bonds. The van der Waals surface area contributed by atoms with Crippen molar-refractivity contribution in [1.29, 1.82) is 0 Å². The first-order chi connectivity index (χ1) is 12.3. The molecule has 26 heavy (non-hydrogen) atoms. The molecule has 2 heterocycles. The highest BCUT2D eigenvalue weighted by atomic mass is 16.5. The summed E-state index contributed by atoms with van der Waals surface area (Å²) in [6, 6.07) is 5.98. The molecule has 1 aromatic carbocycles. The maximum atomic E-state index is 12.6. The Labute approximate surface area is 151 Å². The summed E-state index contributed by atoms with van der Waals surface area (Å²) in [5.74, 6) is 0.956. The summed E-state index contributed by atoms with van der Waals surface area (Å²) in [5, 5.41) is 10.8. The van der Waals surface area contributed by atoms with Crippen LogP contribution >= 0.6 is 0 Å². The van der Waals surface area contributed by atoms with E-state index in [1.807, 2.05) is 40.0 Å². The highest BCUT2D eigenvalue weighted by Crippen LogP contribution is 2.21. The molecule has 7 heteroatoms. The molecule has 0 unspecified atom stereocenters. The normalized spacial score (nSPS) is 10.8. The van der Waals surface area contributed by atoms with Gasteiger partial charge in [-0.3, -0.25) is 9.48 Å². The SMILES string of the molecule is Cc1cc(C)cc(OCc2c(C(=O)Nc3cnn(C)c3C)noc2C)c1. The quantitative estimate of drug-likeness (QED) is 0.758. The summed E-state index contributed by atoms with van der Waals surface area (Å²) >= 11 is 0. The topological polar surface area (TPSA) is 82.2 Å².